The van der Waals surface area contributed by atoms with Gasteiger partial charge in [0.1, 0.15) is 0 Å². The molecule has 2 saturated carbocycles. The first-order valence-corrected chi connectivity index (χ1v) is 7.95. The van der Waals surface area contributed by atoms with E-state index in [1.807, 2.05) is 35.0 Å². The molecular formula is C16H21N5. The number of aromatic nitrogens is 4. The zero-order valence-corrected chi connectivity index (χ0v) is 12.2. The third-order valence-electron chi connectivity index (χ3n) is 4.65. The molecule has 1 N–H and O–H groups in total. The van der Waals surface area contributed by atoms with Gasteiger partial charge >= 0.3 is 0 Å². The van der Waals surface area contributed by atoms with Gasteiger partial charge in [0.25, 0.3) is 0 Å². The Morgan fingerprint density at radius 3 is 2.48 bits per heavy atom. The maximum atomic E-state index is 4.15. The first-order chi connectivity index (χ1) is 10.4. The van der Waals surface area contributed by atoms with Crippen molar-refractivity contribution in [3.8, 4) is 5.69 Å². The van der Waals surface area contributed by atoms with Crippen LogP contribution in [0.5, 0.6) is 0 Å². The van der Waals surface area contributed by atoms with Gasteiger partial charge in [0, 0.05) is 0 Å². The summed E-state index contributed by atoms with van der Waals surface area (Å²) in [4.78, 5) is 0. The summed E-state index contributed by atoms with van der Waals surface area (Å²) in [5.74, 6) is 3.72. The van der Waals surface area contributed by atoms with Crippen molar-refractivity contribution in [1.29, 1.82) is 0 Å². The molecule has 5 nitrogen and oxygen atoms in total. The Labute approximate surface area is 124 Å². The smallest absolute Gasteiger partial charge is 0.170 e. The SMILES string of the molecule is c1ccc(-n2nnnc2CNCC(C2CC2)C2CC2)cc1. The van der Waals surface area contributed by atoms with E-state index in [0.717, 1.165) is 42.4 Å². The Kier molecular flexibility index (Phi) is 3.43. The van der Waals surface area contributed by atoms with Crippen LogP contribution in [0.25, 0.3) is 5.69 Å². The number of hydrogen-bond donors (Lipinski definition) is 1. The molecule has 21 heavy (non-hydrogen) atoms. The van der Waals surface area contributed by atoms with Gasteiger partial charge < -0.3 is 5.32 Å². The first kappa shape index (κ1) is 13.0. The summed E-state index contributed by atoms with van der Waals surface area (Å²) in [6.07, 6.45) is 5.74. The van der Waals surface area contributed by atoms with Gasteiger partial charge in [-0.25, -0.2) is 0 Å². The number of nitrogens with one attached hydrogen (secondary N) is 1. The van der Waals surface area contributed by atoms with Crippen LogP contribution < -0.4 is 5.32 Å². The maximum Gasteiger partial charge on any atom is 0.170 e. The van der Waals surface area contributed by atoms with Crippen molar-refractivity contribution in [3.63, 3.8) is 0 Å². The molecule has 0 spiro atoms. The topological polar surface area (TPSA) is 55.6 Å². The molecule has 2 aliphatic carbocycles. The fourth-order valence-corrected chi connectivity index (χ4v) is 3.20. The largest absolute Gasteiger partial charge is 0.309 e. The normalized spacial score (nSPS) is 18.3. The molecule has 0 bridgehead atoms. The molecule has 0 radical (unpaired) electrons. The lowest BCUT2D eigenvalue weighted by molar-refractivity contribution is 0.376. The highest BCUT2D eigenvalue weighted by Crippen LogP contribution is 2.48. The highest BCUT2D eigenvalue weighted by atomic mass is 15.5. The van der Waals surface area contributed by atoms with Crippen molar-refractivity contribution < 1.29 is 0 Å². The van der Waals surface area contributed by atoms with Crippen LogP contribution in [0, 0.1) is 17.8 Å². The number of para-hydroxylation sites is 1. The van der Waals surface area contributed by atoms with Gasteiger partial charge in [-0.05, 0) is 72.5 Å². The molecular weight excluding hydrogens is 262 g/mol. The van der Waals surface area contributed by atoms with E-state index < -0.39 is 0 Å². The monoisotopic (exact) mass is 283 g/mol. The van der Waals surface area contributed by atoms with Gasteiger partial charge in [0.15, 0.2) is 5.82 Å². The van der Waals surface area contributed by atoms with Crippen LogP contribution >= 0.6 is 0 Å². The second-order valence-electron chi connectivity index (χ2n) is 6.31. The molecule has 0 unspecified atom stereocenters. The summed E-state index contributed by atoms with van der Waals surface area (Å²) >= 11 is 0. The van der Waals surface area contributed by atoms with Crippen LogP contribution in [0.3, 0.4) is 0 Å². The average Bonchev–Trinajstić information content (AvgIpc) is 3.44. The van der Waals surface area contributed by atoms with Crippen molar-refractivity contribution in [3.05, 3.63) is 36.2 Å². The van der Waals surface area contributed by atoms with Crippen LogP contribution in [0.15, 0.2) is 30.3 Å². The highest BCUT2D eigenvalue weighted by molar-refractivity contribution is 5.30. The van der Waals surface area contributed by atoms with Crippen LogP contribution in [0.1, 0.15) is 31.5 Å². The molecule has 5 heteroatoms. The third-order valence-corrected chi connectivity index (χ3v) is 4.65. The van der Waals surface area contributed by atoms with Gasteiger partial charge in [-0.1, -0.05) is 18.2 Å². The average molecular weight is 283 g/mol. The van der Waals surface area contributed by atoms with E-state index in [-0.39, 0.29) is 0 Å². The summed E-state index contributed by atoms with van der Waals surface area (Å²) < 4.78 is 1.82. The fourth-order valence-electron chi connectivity index (χ4n) is 3.20. The zero-order valence-electron chi connectivity index (χ0n) is 12.2. The molecule has 1 aromatic heterocycles. The molecule has 0 saturated heterocycles. The van der Waals surface area contributed by atoms with Gasteiger partial charge in [-0.3, -0.25) is 0 Å². The summed E-state index contributed by atoms with van der Waals surface area (Å²) in [6.45, 7) is 1.84. The second kappa shape index (κ2) is 5.56. The summed E-state index contributed by atoms with van der Waals surface area (Å²) in [5, 5.41) is 15.6. The summed E-state index contributed by atoms with van der Waals surface area (Å²) in [5.41, 5.74) is 1.01. The minimum absolute atomic E-state index is 0.734. The van der Waals surface area contributed by atoms with Crippen LogP contribution in [0.2, 0.25) is 0 Å². The van der Waals surface area contributed by atoms with Gasteiger partial charge in [-0.2, -0.15) is 4.68 Å². The molecule has 1 aromatic carbocycles. The number of nitrogens with zero attached hydrogens (tertiary/aromatic N) is 4. The molecule has 0 atom stereocenters. The van der Waals surface area contributed by atoms with Crippen molar-refractivity contribution in [2.24, 2.45) is 17.8 Å². The highest BCUT2D eigenvalue weighted by Gasteiger charge is 2.40. The Hall–Kier alpha value is -1.75. The predicted molar refractivity (Wildman–Crippen MR) is 79.8 cm³/mol. The molecule has 110 valence electrons. The Balaban J connectivity index is 1.38. The minimum Gasteiger partial charge on any atom is -0.309 e. The van der Waals surface area contributed by atoms with Crippen LogP contribution in [-0.2, 0) is 6.54 Å². The second-order valence-corrected chi connectivity index (χ2v) is 6.31. The molecule has 1 heterocycles. The predicted octanol–water partition coefficient (Wildman–Crippen LogP) is 2.19. The Bertz CT molecular complexity index is 574. The zero-order chi connectivity index (χ0) is 14.1. The molecule has 2 aromatic rings. The lowest BCUT2D eigenvalue weighted by atomic mass is 9.98. The Morgan fingerprint density at radius 1 is 1.10 bits per heavy atom. The van der Waals surface area contributed by atoms with E-state index in [9.17, 15) is 0 Å². The maximum absolute atomic E-state index is 4.15. The van der Waals surface area contributed by atoms with E-state index in [1.165, 1.54) is 25.7 Å². The number of rotatable bonds is 7. The molecule has 0 aliphatic heterocycles. The van der Waals surface area contributed by atoms with E-state index >= 15 is 0 Å². The van der Waals surface area contributed by atoms with Crippen LogP contribution in [0.4, 0.5) is 0 Å². The molecule has 2 aliphatic rings. The number of benzene rings is 1. The van der Waals surface area contributed by atoms with Crippen molar-refractivity contribution in [1.82, 2.24) is 25.5 Å². The van der Waals surface area contributed by atoms with Crippen molar-refractivity contribution >= 4 is 0 Å². The van der Waals surface area contributed by atoms with Gasteiger partial charge in [0.05, 0.1) is 12.2 Å². The quantitative estimate of drug-likeness (QED) is 0.846. The fraction of sp³-hybridized carbons (Fsp3) is 0.562. The lowest BCUT2D eigenvalue weighted by Crippen LogP contribution is -2.26. The summed E-state index contributed by atoms with van der Waals surface area (Å²) in [6, 6.07) is 10.1. The summed E-state index contributed by atoms with van der Waals surface area (Å²) in [7, 11) is 0. The van der Waals surface area contributed by atoms with Gasteiger partial charge in [-0.15, -0.1) is 5.10 Å². The van der Waals surface area contributed by atoms with Crippen LogP contribution in [-0.4, -0.2) is 26.8 Å². The van der Waals surface area contributed by atoms with E-state index in [0.29, 0.717) is 0 Å². The third kappa shape index (κ3) is 2.97. The van der Waals surface area contributed by atoms with Gasteiger partial charge in [0.2, 0.25) is 0 Å². The van der Waals surface area contributed by atoms with Crippen molar-refractivity contribution in [2.45, 2.75) is 32.2 Å². The standard InChI is InChI=1S/C16H21N5/c1-2-4-14(5-3-1)21-16(18-19-20-21)11-17-10-15(12-6-7-12)13-8-9-13/h1-5,12-13,15,17H,6-11H2. The van der Waals surface area contributed by atoms with Crippen molar-refractivity contribution in [2.75, 3.05) is 6.54 Å². The Morgan fingerprint density at radius 2 is 1.81 bits per heavy atom. The first-order valence-electron chi connectivity index (χ1n) is 7.95. The van der Waals surface area contributed by atoms with E-state index in [1.54, 1.807) is 0 Å². The number of tetrazole rings is 1. The minimum atomic E-state index is 0.734. The van der Waals surface area contributed by atoms with E-state index in [2.05, 4.69) is 20.8 Å². The molecule has 0 amide bonds. The van der Waals surface area contributed by atoms with E-state index in [4.69, 9.17) is 0 Å². The molecule has 4 rings (SSSR count). The number of hydrogen-bond acceptors (Lipinski definition) is 4. The lowest BCUT2D eigenvalue weighted by Gasteiger charge is -2.15. The molecule has 2 fully saturated rings.